The highest BCUT2D eigenvalue weighted by Crippen LogP contribution is 2.34. The first-order valence-electron chi connectivity index (χ1n) is 10.1. The van der Waals surface area contributed by atoms with Gasteiger partial charge in [-0.25, -0.2) is 4.98 Å². The molecule has 4 rings (SSSR count). The third kappa shape index (κ3) is 5.14. The van der Waals surface area contributed by atoms with Gasteiger partial charge >= 0.3 is 0 Å². The second-order valence-electron chi connectivity index (χ2n) is 7.45. The van der Waals surface area contributed by atoms with E-state index in [9.17, 15) is 9.90 Å². The molecular formula is C21H22ClN5O4S. The molecule has 11 heteroatoms. The molecule has 3 aromatic rings. The van der Waals surface area contributed by atoms with Gasteiger partial charge in [0.25, 0.3) is 11.1 Å². The summed E-state index contributed by atoms with van der Waals surface area (Å²) in [6.45, 7) is 1.83. The number of aromatic nitrogens is 4. The van der Waals surface area contributed by atoms with Gasteiger partial charge in [-0.05, 0) is 56.1 Å². The summed E-state index contributed by atoms with van der Waals surface area (Å²) < 4.78 is 11.3. The number of halogens is 1. The Bertz CT molecular complexity index is 1120. The van der Waals surface area contributed by atoms with Crippen LogP contribution in [0.5, 0.6) is 10.9 Å². The average Bonchev–Trinajstić information content (AvgIpc) is 3.21. The lowest BCUT2D eigenvalue weighted by atomic mass is 9.95. The number of hydrogen-bond donors (Lipinski definition) is 2. The quantitative estimate of drug-likeness (QED) is 0.515. The largest absolute Gasteiger partial charge is 0.494 e. The van der Waals surface area contributed by atoms with Gasteiger partial charge in [0.05, 0.1) is 25.0 Å². The summed E-state index contributed by atoms with van der Waals surface area (Å²) in [5, 5.41) is 21.4. The first-order valence-corrected chi connectivity index (χ1v) is 11.3. The maximum Gasteiger partial charge on any atom is 0.296 e. The van der Waals surface area contributed by atoms with Gasteiger partial charge in [0.2, 0.25) is 5.13 Å². The predicted octanol–water partition coefficient (Wildman–Crippen LogP) is 3.90. The summed E-state index contributed by atoms with van der Waals surface area (Å²) in [4.78, 5) is 21.4. The fourth-order valence-electron chi connectivity index (χ4n) is 3.53. The Kier molecular flexibility index (Phi) is 6.83. The standard InChI is InChI=1S/C21H22ClN5O4S/c1-11-7-14(15-8-18(22)24-10-17(15)30-2)16(9-23-11)19(29)25-20-26-27-21(32-20)31-13-5-3-12(28)4-6-13/h7-10,12-13,28H,3-6H2,1-2H3,(H,25,26,29)/t12-,13+. The summed E-state index contributed by atoms with van der Waals surface area (Å²) in [6, 6.07) is 3.43. The van der Waals surface area contributed by atoms with Crippen LogP contribution in [0.1, 0.15) is 41.7 Å². The van der Waals surface area contributed by atoms with Crippen LogP contribution in [-0.2, 0) is 0 Å². The molecule has 1 saturated carbocycles. The van der Waals surface area contributed by atoms with Crippen molar-refractivity contribution in [2.24, 2.45) is 0 Å². The van der Waals surface area contributed by atoms with Crippen LogP contribution in [-0.4, -0.2) is 50.5 Å². The smallest absolute Gasteiger partial charge is 0.296 e. The Balaban J connectivity index is 1.54. The zero-order chi connectivity index (χ0) is 22.7. The van der Waals surface area contributed by atoms with Gasteiger partial charge in [-0.15, -0.1) is 5.10 Å². The molecule has 2 N–H and O–H groups in total. The molecule has 0 unspecified atom stereocenters. The molecule has 32 heavy (non-hydrogen) atoms. The zero-order valence-electron chi connectivity index (χ0n) is 17.5. The maximum absolute atomic E-state index is 13.1. The van der Waals surface area contributed by atoms with Crippen LogP contribution in [0.2, 0.25) is 5.15 Å². The Morgan fingerprint density at radius 3 is 2.69 bits per heavy atom. The number of nitrogens with one attached hydrogen (secondary N) is 1. The van der Waals surface area contributed by atoms with Crippen LogP contribution < -0.4 is 14.8 Å². The first-order chi connectivity index (χ1) is 15.4. The molecule has 0 saturated heterocycles. The molecule has 1 aliphatic rings. The number of hydrogen-bond acceptors (Lipinski definition) is 9. The Morgan fingerprint density at radius 2 is 1.94 bits per heavy atom. The summed E-state index contributed by atoms with van der Waals surface area (Å²) in [5.41, 5.74) is 2.30. The van der Waals surface area contributed by atoms with E-state index in [1.165, 1.54) is 19.5 Å². The molecule has 0 aromatic carbocycles. The lowest BCUT2D eigenvalue weighted by molar-refractivity contribution is 0.0661. The second-order valence-corrected chi connectivity index (χ2v) is 8.78. The van der Waals surface area contributed by atoms with Gasteiger partial charge in [0.15, 0.2) is 0 Å². The number of aliphatic hydroxyl groups excluding tert-OH is 1. The number of pyridine rings is 2. The van der Waals surface area contributed by atoms with Gasteiger partial charge < -0.3 is 14.6 Å². The molecule has 9 nitrogen and oxygen atoms in total. The molecule has 0 radical (unpaired) electrons. The van der Waals surface area contributed by atoms with Crippen molar-refractivity contribution < 1.29 is 19.4 Å². The number of aryl methyl sites for hydroxylation is 1. The lowest BCUT2D eigenvalue weighted by Crippen LogP contribution is -2.26. The van der Waals surface area contributed by atoms with E-state index in [1.807, 2.05) is 6.92 Å². The average molecular weight is 476 g/mol. The molecule has 0 atom stereocenters. The highest BCUT2D eigenvalue weighted by atomic mass is 35.5. The number of methoxy groups -OCH3 is 1. The summed E-state index contributed by atoms with van der Waals surface area (Å²) in [7, 11) is 1.53. The molecule has 1 fully saturated rings. The number of amides is 1. The molecular weight excluding hydrogens is 454 g/mol. The van der Waals surface area contributed by atoms with E-state index in [2.05, 4.69) is 25.5 Å². The van der Waals surface area contributed by atoms with E-state index in [0.717, 1.165) is 29.9 Å². The minimum absolute atomic E-state index is 0.00768. The number of ether oxygens (including phenoxy) is 2. The number of anilines is 1. The van der Waals surface area contributed by atoms with E-state index < -0.39 is 5.91 Å². The van der Waals surface area contributed by atoms with Crippen molar-refractivity contribution in [2.75, 3.05) is 12.4 Å². The topological polar surface area (TPSA) is 119 Å². The highest BCUT2D eigenvalue weighted by Gasteiger charge is 2.23. The van der Waals surface area contributed by atoms with E-state index >= 15 is 0 Å². The molecule has 168 valence electrons. The number of carbonyl (C=O) groups excluding carboxylic acids is 1. The third-order valence-electron chi connectivity index (χ3n) is 5.17. The summed E-state index contributed by atoms with van der Waals surface area (Å²) >= 11 is 7.24. The molecule has 3 heterocycles. The normalized spacial score (nSPS) is 18.2. The number of aliphatic hydroxyl groups is 1. The molecule has 1 aliphatic carbocycles. The number of nitrogens with zero attached hydrogens (tertiary/aromatic N) is 4. The third-order valence-corrected chi connectivity index (χ3v) is 6.10. The fourth-order valence-corrected chi connectivity index (χ4v) is 4.35. The first kappa shape index (κ1) is 22.4. The Morgan fingerprint density at radius 1 is 1.16 bits per heavy atom. The fraction of sp³-hybridized carbons (Fsp3) is 0.381. The van der Waals surface area contributed by atoms with Crippen molar-refractivity contribution in [3.05, 3.63) is 40.9 Å². The monoisotopic (exact) mass is 475 g/mol. The highest BCUT2D eigenvalue weighted by molar-refractivity contribution is 7.17. The zero-order valence-corrected chi connectivity index (χ0v) is 19.1. The molecule has 3 aromatic heterocycles. The van der Waals surface area contributed by atoms with Crippen LogP contribution in [0, 0.1) is 6.92 Å². The predicted molar refractivity (Wildman–Crippen MR) is 121 cm³/mol. The van der Waals surface area contributed by atoms with Crippen molar-refractivity contribution in [1.29, 1.82) is 0 Å². The summed E-state index contributed by atoms with van der Waals surface area (Å²) in [5.74, 6) is 0.0872. The van der Waals surface area contributed by atoms with E-state index in [1.54, 1.807) is 12.1 Å². The van der Waals surface area contributed by atoms with Gasteiger partial charge in [-0.1, -0.05) is 16.7 Å². The van der Waals surface area contributed by atoms with Crippen LogP contribution in [0.3, 0.4) is 0 Å². The SMILES string of the molecule is COc1cnc(Cl)cc1-c1cc(C)ncc1C(=O)Nc1nnc(O[C@H]2CC[C@@H](O)CC2)s1. The van der Waals surface area contributed by atoms with Crippen molar-refractivity contribution >= 4 is 34.0 Å². The van der Waals surface area contributed by atoms with Crippen LogP contribution in [0.4, 0.5) is 5.13 Å². The van der Waals surface area contributed by atoms with Crippen molar-refractivity contribution in [3.8, 4) is 22.1 Å². The molecule has 0 spiro atoms. The van der Waals surface area contributed by atoms with Crippen molar-refractivity contribution in [3.63, 3.8) is 0 Å². The Labute approximate surface area is 193 Å². The Hall–Kier alpha value is -2.82. The lowest BCUT2D eigenvalue weighted by Gasteiger charge is -2.24. The maximum atomic E-state index is 13.1. The van der Waals surface area contributed by atoms with E-state index in [4.69, 9.17) is 21.1 Å². The van der Waals surface area contributed by atoms with Gasteiger partial charge in [0, 0.05) is 23.0 Å². The minimum Gasteiger partial charge on any atom is -0.494 e. The van der Waals surface area contributed by atoms with Crippen LogP contribution in [0.25, 0.3) is 11.1 Å². The second kappa shape index (κ2) is 9.76. The number of rotatable bonds is 6. The van der Waals surface area contributed by atoms with Crippen molar-refractivity contribution in [1.82, 2.24) is 20.2 Å². The molecule has 1 amide bonds. The van der Waals surface area contributed by atoms with E-state index in [0.29, 0.717) is 45.6 Å². The van der Waals surface area contributed by atoms with Gasteiger partial charge in [-0.2, -0.15) is 0 Å². The number of carbonyl (C=O) groups is 1. The van der Waals surface area contributed by atoms with Crippen LogP contribution in [0.15, 0.2) is 24.5 Å². The van der Waals surface area contributed by atoms with E-state index in [-0.39, 0.29) is 17.4 Å². The van der Waals surface area contributed by atoms with Gasteiger partial charge in [-0.3, -0.25) is 15.1 Å². The minimum atomic E-state index is -0.397. The van der Waals surface area contributed by atoms with Gasteiger partial charge in [0.1, 0.15) is 17.0 Å². The molecule has 0 bridgehead atoms. The summed E-state index contributed by atoms with van der Waals surface area (Å²) in [6.07, 6.45) is 5.68. The van der Waals surface area contributed by atoms with Crippen molar-refractivity contribution in [2.45, 2.75) is 44.8 Å². The van der Waals surface area contributed by atoms with Crippen LogP contribution >= 0.6 is 22.9 Å². The molecule has 0 aliphatic heterocycles.